The predicted molar refractivity (Wildman–Crippen MR) is 146 cm³/mol. The first-order chi connectivity index (χ1) is 17.2. The van der Waals surface area contributed by atoms with Crippen molar-refractivity contribution in [3.8, 4) is 22.6 Å². The summed E-state index contributed by atoms with van der Waals surface area (Å²) in [5.41, 5.74) is 7.28. The van der Waals surface area contributed by atoms with Crippen LogP contribution in [0.1, 0.15) is 31.9 Å². The average Bonchev–Trinajstić information content (AvgIpc) is 3.25. The van der Waals surface area contributed by atoms with E-state index in [2.05, 4.69) is 83.5 Å². The maximum Gasteiger partial charge on any atom is 0.138 e. The normalized spacial score (nSPS) is 17.3. The molecule has 0 aliphatic heterocycles. The van der Waals surface area contributed by atoms with Gasteiger partial charge in [0.15, 0.2) is 0 Å². The zero-order valence-corrected chi connectivity index (χ0v) is 20.5. The van der Waals surface area contributed by atoms with E-state index in [0.29, 0.717) is 0 Å². The number of benzene rings is 1. The number of nitrogens with one attached hydrogen (secondary N) is 1. The van der Waals surface area contributed by atoms with E-state index in [1.165, 1.54) is 22.4 Å². The topological polar surface area (TPSA) is 42.2 Å². The van der Waals surface area contributed by atoms with Gasteiger partial charge in [-0.25, -0.2) is 4.98 Å². The highest BCUT2D eigenvalue weighted by atomic mass is 15.0. The van der Waals surface area contributed by atoms with E-state index in [9.17, 15) is 0 Å². The van der Waals surface area contributed by atoms with Gasteiger partial charge in [-0.2, -0.15) is 0 Å². The van der Waals surface area contributed by atoms with E-state index in [4.69, 9.17) is 9.97 Å². The average molecular weight is 461 g/mol. The van der Waals surface area contributed by atoms with Crippen molar-refractivity contribution in [2.45, 2.75) is 33.1 Å². The van der Waals surface area contributed by atoms with Crippen molar-refractivity contribution in [2.75, 3.05) is 13.1 Å². The number of fused-ring (bicyclic) bond motifs is 2. The molecule has 0 atom stereocenters. The fourth-order valence-corrected chi connectivity index (χ4v) is 4.59. The molecule has 4 aromatic rings. The summed E-state index contributed by atoms with van der Waals surface area (Å²) in [6.45, 7) is 6.37. The Bertz CT molecular complexity index is 1520. The van der Waals surface area contributed by atoms with Crippen LogP contribution in [0.2, 0.25) is 0 Å². The van der Waals surface area contributed by atoms with Crippen LogP contribution >= 0.6 is 0 Å². The van der Waals surface area contributed by atoms with Gasteiger partial charge < -0.3 is 5.32 Å². The monoisotopic (exact) mass is 460 g/mol. The zero-order valence-electron chi connectivity index (χ0n) is 20.5. The van der Waals surface area contributed by atoms with Crippen molar-refractivity contribution in [1.82, 2.24) is 19.7 Å². The van der Waals surface area contributed by atoms with Crippen molar-refractivity contribution < 1.29 is 0 Å². The van der Waals surface area contributed by atoms with Crippen molar-refractivity contribution in [3.05, 3.63) is 101 Å². The molecule has 1 aliphatic rings. The van der Waals surface area contributed by atoms with Crippen molar-refractivity contribution >= 4 is 17.8 Å². The SMILES string of the molecule is CCCNCCCC1=C/C=C/C=c2\ccc(-c3c(-c4cccc(C)n4)nc4ccccn34)c\c2=C\1. The summed E-state index contributed by atoms with van der Waals surface area (Å²) in [5.74, 6) is 0. The molecule has 3 aromatic heterocycles. The maximum absolute atomic E-state index is 4.98. The third kappa shape index (κ3) is 5.18. The highest BCUT2D eigenvalue weighted by molar-refractivity contribution is 5.81. The minimum absolute atomic E-state index is 0.897. The Morgan fingerprint density at radius 1 is 0.886 bits per heavy atom. The molecule has 1 N–H and O–H groups in total. The van der Waals surface area contributed by atoms with Crippen molar-refractivity contribution in [2.24, 2.45) is 0 Å². The highest BCUT2D eigenvalue weighted by Crippen LogP contribution is 2.31. The van der Waals surface area contributed by atoms with Crippen molar-refractivity contribution in [1.29, 1.82) is 0 Å². The van der Waals surface area contributed by atoms with Gasteiger partial charge in [0, 0.05) is 17.5 Å². The Kier molecular flexibility index (Phi) is 7.01. The summed E-state index contributed by atoms with van der Waals surface area (Å²) in [6, 6.07) is 19.0. The Morgan fingerprint density at radius 3 is 2.69 bits per heavy atom. The Labute approximate surface area is 207 Å². The molecule has 0 amide bonds. The number of pyridine rings is 2. The second-order valence-electron chi connectivity index (χ2n) is 9.04. The molecule has 3 heterocycles. The quantitative estimate of drug-likeness (QED) is 0.367. The number of rotatable bonds is 8. The molecule has 0 radical (unpaired) electrons. The Hall–Kier alpha value is -3.76. The second kappa shape index (κ2) is 10.7. The molecule has 0 unspecified atom stereocenters. The summed E-state index contributed by atoms with van der Waals surface area (Å²) in [5, 5.41) is 5.97. The van der Waals surface area contributed by atoms with E-state index in [1.807, 2.05) is 31.2 Å². The molecule has 1 aliphatic carbocycles. The van der Waals surface area contributed by atoms with Crippen LogP contribution in [0.15, 0.2) is 84.6 Å². The summed E-state index contributed by atoms with van der Waals surface area (Å²) in [6.07, 6.45) is 16.5. The summed E-state index contributed by atoms with van der Waals surface area (Å²) < 4.78 is 2.17. The van der Waals surface area contributed by atoms with Gasteiger partial charge in [0.25, 0.3) is 0 Å². The molecule has 1 aromatic carbocycles. The third-order valence-corrected chi connectivity index (χ3v) is 6.30. The van der Waals surface area contributed by atoms with Gasteiger partial charge in [0.1, 0.15) is 11.3 Å². The van der Waals surface area contributed by atoms with Crippen LogP contribution in [0.5, 0.6) is 0 Å². The molecule has 0 saturated heterocycles. The van der Waals surface area contributed by atoms with Crippen LogP contribution < -0.4 is 15.8 Å². The molecular formula is C31H32N4. The molecule has 5 rings (SSSR count). The van der Waals surface area contributed by atoms with Crippen LogP contribution in [-0.2, 0) is 0 Å². The number of allylic oxidation sites excluding steroid dienone is 4. The van der Waals surface area contributed by atoms with Gasteiger partial charge in [-0.3, -0.25) is 9.38 Å². The molecule has 4 nitrogen and oxygen atoms in total. The van der Waals surface area contributed by atoms with Gasteiger partial charge in [-0.05, 0) is 85.6 Å². The first kappa shape index (κ1) is 23.0. The molecular weight excluding hydrogens is 428 g/mol. The standard InChI is InChI=1S/C31H32N4/c1-3-18-32-19-9-12-24-11-4-5-13-25-16-17-26(22-27(25)21-24)31-30(28-14-8-10-23(2)33-28)34-29-15-6-7-20-35(29)31/h4-8,10-11,13-17,20-22,32H,3,9,12,18-19H2,1-2H3/b5-4+,11-4?,13-5?,24-11-,24-21?,25-13+,27-21-. The molecule has 4 heteroatoms. The van der Waals surface area contributed by atoms with Crippen LogP contribution in [0, 0.1) is 6.92 Å². The number of hydrogen-bond donors (Lipinski definition) is 1. The van der Waals surface area contributed by atoms with Crippen LogP contribution in [0.4, 0.5) is 0 Å². The number of hydrogen-bond acceptors (Lipinski definition) is 3. The first-order valence-corrected chi connectivity index (χ1v) is 12.5. The fraction of sp³-hybridized carbons (Fsp3) is 0.226. The van der Waals surface area contributed by atoms with Gasteiger partial charge in [-0.1, -0.05) is 61.6 Å². The Balaban J connectivity index is 1.60. The maximum atomic E-state index is 4.98. The largest absolute Gasteiger partial charge is 0.317 e. The van der Waals surface area contributed by atoms with Crippen LogP contribution in [0.3, 0.4) is 0 Å². The second-order valence-corrected chi connectivity index (χ2v) is 9.04. The van der Waals surface area contributed by atoms with E-state index >= 15 is 0 Å². The van der Waals surface area contributed by atoms with Gasteiger partial charge in [0.2, 0.25) is 0 Å². The molecule has 176 valence electrons. The number of nitrogens with zero attached hydrogens (tertiary/aromatic N) is 3. The van der Waals surface area contributed by atoms with Crippen LogP contribution in [-0.4, -0.2) is 27.5 Å². The summed E-state index contributed by atoms with van der Waals surface area (Å²) in [4.78, 5) is 9.77. The molecule has 0 saturated carbocycles. The lowest BCUT2D eigenvalue weighted by Gasteiger charge is -2.08. The smallest absolute Gasteiger partial charge is 0.138 e. The number of aryl methyl sites for hydroxylation is 1. The van der Waals surface area contributed by atoms with Crippen LogP contribution in [0.25, 0.3) is 40.4 Å². The van der Waals surface area contributed by atoms with E-state index in [-0.39, 0.29) is 0 Å². The van der Waals surface area contributed by atoms with E-state index < -0.39 is 0 Å². The van der Waals surface area contributed by atoms with Gasteiger partial charge in [0.05, 0.1) is 11.4 Å². The minimum atomic E-state index is 0.897. The molecule has 0 bridgehead atoms. The lowest BCUT2D eigenvalue weighted by Crippen LogP contribution is -2.25. The summed E-state index contributed by atoms with van der Waals surface area (Å²) >= 11 is 0. The first-order valence-electron chi connectivity index (χ1n) is 12.5. The molecule has 0 spiro atoms. The van der Waals surface area contributed by atoms with Gasteiger partial charge in [-0.15, -0.1) is 0 Å². The van der Waals surface area contributed by atoms with E-state index in [0.717, 1.165) is 59.9 Å². The third-order valence-electron chi connectivity index (χ3n) is 6.30. The highest BCUT2D eigenvalue weighted by Gasteiger charge is 2.17. The number of aromatic nitrogens is 3. The van der Waals surface area contributed by atoms with Gasteiger partial charge >= 0.3 is 0 Å². The number of imidazole rings is 1. The zero-order chi connectivity index (χ0) is 24.0. The van der Waals surface area contributed by atoms with Crippen molar-refractivity contribution in [3.63, 3.8) is 0 Å². The minimum Gasteiger partial charge on any atom is -0.317 e. The fourth-order valence-electron chi connectivity index (χ4n) is 4.59. The summed E-state index contributed by atoms with van der Waals surface area (Å²) in [7, 11) is 0. The molecule has 0 fully saturated rings. The Morgan fingerprint density at radius 2 is 1.80 bits per heavy atom. The lowest BCUT2D eigenvalue weighted by atomic mass is 10.0. The molecule has 35 heavy (non-hydrogen) atoms. The van der Waals surface area contributed by atoms with E-state index in [1.54, 1.807) is 0 Å². The predicted octanol–water partition coefficient (Wildman–Crippen LogP) is 5.21. The lowest BCUT2D eigenvalue weighted by molar-refractivity contribution is 0.642.